The number of piperidine rings is 1. The lowest BCUT2D eigenvalue weighted by Gasteiger charge is -2.32. The van der Waals surface area contributed by atoms with Crippen molar-refractivity contribution in [3.8, 4) is 0 Å². The molecule has 2 aromatic rings. The molecule has 2 aliphatic rings. The van der Waals surface area contributed by atoms with Crippen molar-refractivity contribution < 1.29 is 4.79 Å². The van der Waals surface area contributed by atoms with Crippen LogP contribution in [0.25, 0.3) is 0 Å². The normalized spacial score (nSPS) is 18.3. The smallest absolute Gasteiger partial charge is 0.251 e. The van der Waals surface area contributed by atoms with Gasteiger partial charge in [0.1, 0.15) is 0 Å². The van der Waals surface area contributed by atoms with E-state index in [-0.39, 0.29) is 11.9 Å². The fourth-order valence-corrected chi connectivity index (χ4v) is 3.96. The number of fused-ring (bicyclic) bond motifs is 1. The number of nitrogens with zero attached hydrogens (tertiary/aromatic N) is 1. The van der Waals surface area contributed by atoms with Crippen LogP contribution in [0, 0.1) is 0 Å². The Balaban J connectivity index is 1.29. The van der Waals surface area contributed by atoms with Crippen LogP contribution in [-0.2, 0) is 19.5 Å². The number of likely N-dealkylation sites (tertiary alicyclic amines) is 1. The second-order valence-corrected chi connectivity index (χ2v) is 7.42. The first-order valence-corrected chi connectivity index (χ1v) is 9.67. The molecule has 0 spiro atoms. The van der Waals surface area contributed by atoms with Crippen LogP contribution in [0.4, 0.5) is 0 Å². The predicted molar refractivity (Wildman–Crippen MR) is 104 cm³/mol. The van der Waals surface area contributed by atoms with Crippen molar-refractivity contribution in [1.82, 2.24) is 15.5 Å². The maximum atomic E-state index is 12.6. The van der Waals surface area contributed by atoms with Crippen molar-refractivity contribution in [3.05, 3.63) is 70.8 Å². The van der Waals surface area contributed by atoms with Crippen LogP contribution in [0.3, 0.4) is 0 Å². The summed E-state index contributed by atoms with van der Waals surface area (Å²) < 4.78 is 0. The lowest BCUT2D eigenvalue weighted by atomic mass is 9.97. The van der Waals surface area contributed by atoms with E-state index in [1.807, 2.05) is 6.07 Å². The summed E-state index contributed by atoms with van der Waals surface area (Å²) in [4.78, 5) is 15.1. The van der Waals surface area contributed by atoms with E-state index in [4.69, 9.17) is 0 Å². The zero-order valence-electron chi connectivity index (χ0n) is 15.2. The lowest BCUT2D eigenvalue weighted by molar-refractivity contribution is 0.0909. The molecule has 2 aliphatic heterocycles. The molecular weight excluding hydrogens is 322 g/mol. The van der Waals surface area contributed by atoms with Crippen LogP contribution < -0.4 is 10.6 Å². The van der Waals surface area contributed by atoms with Crippen LogP contribution in [0.1, 0.15) is 39.9 Å². The van der Waals surface area contributed by atoms with Gasteiger partial charge in [-0.05, 0) is 54.6 Å². The topological polar surface area (TPSA) is 44.4 Å². The summed E-state index contributed by atoms with van der Waals surface area (Å²) in [5.74, 6) is 0.0767. The van der Waals surface area contributed by atoms with E-state index in [0.717, 1.165) is 57.5 Å². The third-order valence-corrected chi connectivity index (χ3v) is 5.53. The van der Waals surface area contributed by atoms with Crippen molar-refractivity contribution in [1.29, 1.82) is 0 Å². The maximum Gasteiger partial charge on any atom is 0.251 e. The summed E-state index contributed by atoms with van der Waals surface area (Å²) in [6.07, 6.45) is 3.05. The molecule has 2 N–H and O–H groups in total. The Kier molecular flexibility index (Phi) is 5.32. The summed E-state index contributed by atoms with van der Waals surface area (Å²) in [5, 5.41) is 6.62. The Morgan fingerprint density at radius 2 is 1.88 bits per heavy atom. The number of hydrogen-bond acceptors (Lipinski definition) is 3. The summed E-state index contributed by atoms with van der Waals surface area (Å²) in [6.45, 7) is 4.99. The number of benzene rings is 2. The van der Waals surface area contributed by atoms with Crippen LogP contribution in [-0.4, -0.2) is 36.5 Å². The summed E-state index contributed by atoms with van der Waals surface area (Å²) in [5.41, 5.74) is 4.80. The fourth-order valence-electron chi connectivity index (χ4n) is 3.96. The van der Waals surface area contributed by atoms with Crippen molar-refractivity contribution in [2.45, 2.75) is 38.4 Å². The zero-order chi connectivity index (χ0) is 17.8. The van der Waals surface area contributed by atoms with Crippen molar-refractivity contribution in [2.24, 2.45) is 0 Å². The van der Waals surface area contributed by atoms with Gasteiger partial charge < -0.3 is 10.6 Å². The molecule has 1 fully saturated rings. The maximum absolute atomic E-state index is 12.6. The predicted octanol–water partition coefficient (Wildman–Crippen LogP) is 2.73. The Bertz CT molecular complexity index is 751. The van der Waals surface area contributed by atoms with Crippen LogP contribution in [0.15, 0.2) is 48.5 Å². The highest BCUT2D eigenvalue weighted by molar-refractivity contribution is 5.94. The molecule has 0 bridgehead atoms. The lowest BCUT2D eigenvalue weighted by Crippen LogP contribution is -2.44. The number of amides is 1. The third-order valence-electron chi connectivity index (χ3n) is 5.53. The summed E-state index contributed by atoms with van der Waals surface area (Å²) >= 11 is 0. The number of hydrogen-bond donors (Lipinski definition) is 2. The van der Waals surface area contributed by atoms with Crippen LogP contribution in [0.2, 0.25) is 0 Å². The van der Waals surface area contributed by atoms with Crippen LogP contribution in [0.5, 0.6) is 0 Å². The van der Waals surface area contributed by atoms with E-state index in [1.54, 1.807) is 0 Å². The Morgan fingerprint density at radius 1 is 1.08 bits per heavy atom. The van der Waals surface area contributed by atoms with E-state index >= 15 is 0 Å². The van der Waals surface area contributed by atoms with Gasteiger partial charge in [-0.15, -0.1) is 0 Å². The van der Waals surface area contributed by atoms with E-state index in [1.165, 1.54) is 16.7 Å². The summed E-state index contributed by atoms with van der Waals surface area (Å²) in [6, 6.07) is 17.0. The fraction of sp³-hybridized carbons (Fsp3) is 0.409. The molecule has 0 unspecified atom stereocenters. The second kappa shape index (κ2) is 8.02. The van der Waals surface area contributed by atoms with Gasteiger partial charge in [-0.1, -0.05) is 36.4 Å². The van der Waals surface area contributed by atoms with Gasteiger partial charge in [-0.25, -0.2) is 0 Å². The van der Waals surface area contributed by atoms with Crippen molar-refractivity contribution in [3.63, 3.8) is 0 Å². The zero-order valence-corrected chi connectivity index (χ0v) is 15.2. The minimum atomic E-state index is 0.0767. The minimum absolute atomic E-state index is 0.0767. The van der Waals surface area contributed by atoms with E-state index in [2.05, 4.69) is 58.0 Å². The molecule has 1 amide bonds. The molecule has 0 aliphatic carbocycles. The molecule has 1 saturated heterocycles. The van der Waals surface area contributed by atoms with Gasteiger partial charge in [0.2, 0.25) is 0 Å². The monoisotopic (exact) mass is 349 g/mol. The Morgan fingerprint density at radius 3 is 2.69 bits per heavy atom. The van der Waals surface area contributed by atoms with E-state index in [0.29, 0.717) is 0 Å². The molecule has 0 atom stereocenters. The number of nitrogens with one attached hydrogen (secondary N) is 2. The quantitative estimate of drug-likeness (QED) is 0.892. The average molecular weight is 349 g/mol. The number of carbonyl (C=O) groups is 1. The largest absolute Gasteiger partial charge is 0.349 e. The number of carbonyl (C=O) groups excluding carboxylic acids is 1. The highest BCUT2D eigenvalue weighted by Crippen LogP contribution is 2.18. The molecule has 2 aromatic carbocycles. The van der Waals surface area contributed by atoms with Gasteiger partial charge in [0, 0.05) is 37.8 Å². The molecule has 2 heterocycles. The molecular formula is C22H27N3O. The summed E-state index contributed by atoms with van der Waals surface area (Å²) in [7, 11) is 0. The van der Waals surface area contributed by atoms with Gasteiger partial charge in [0.15, 0.2) is 0 Å². The highest BCUT2D eigenvalue weighted by Gasteiger charge is 2.21. The molecule has 4 heteroatoms. The molecule has 4 nitrogen and oxygen atoms in total. The average Bonchev–Trinajstić information content (AvgIpc) is 2.70. The Hall–Kier alpha value is -2.17. The minimum Gasteiger partial charge on any atom is -0.349 e. The van der Waals surface area contributed by atoms with Crippen molar-refractivity contribution >= 4 is 5.91 Å². The van der Waals surface area contributed by atoms with Crippen LogP contribution >= 0.6 is 0 Å². The second-order valence-electron chi connectivity index (χ2n) is 7.42. The van der Waals surface area contributed by atoms with E-state index in [9.17, 15) is 4.79 Å². The van der Waals surface area contributed by atoms with Gasteiger partial charge in [0.05, 0.1) is 0 Å². The first kappa shape index (κ1) is 17.3. The molecule has 26 heavy (non-hydrogen) atoms. The molecule has 0 saturated carbocycles. The van der Waals surface area contributed by atoms with E-state index < -0.39 is 0 Å². The molecule has 136 valence electrons. The van der Waals surface area contributed by atoms with Crippen molar-refractivity contribution in [2.75, 3.05) is 19.6 Å². The molecule has 0 aromatic heterocycles. The van der Waals surface area contributed by atoms with Gasteiger partial charge in [0.25, 0.3) is 5.91 Å². The van der Waals surface area contributed by atoms with Gasteiger partial charge in [-0.2, -0.15) is 0 Å². The Labute approximate surface area is 155 Å². The first-order valence-electron chi connectivity index (χ1n) is 9.67. The highest BCUT2D eigenvalue weighted by atomic mass is 16.1. The van der Waals surface area contributed by atoms with Gasteiger partial charge >= 0.3 is 0 Å². The number of rotatable bonds is 4. The first-order chi connectivity index (χ1) is 12.8. The molecule has 4 rings (SSSR count). The third kappa shape index (κ3) is 4.14. The van der Waals surface area contributed by atoms with Gasteiger partial charge in [-0.3, -0.25) is 9.69 Å². The molecule has 0 radical (unpaired) electrons. The standard InChI is InChI=1S/C22H27N3O/c26-22(19-6-7-20-15-23-11-8-18(20)14-19)24-21-9-12-25(13-10-21)16-17-4-2-1-3-5-17/h1-7,14,21,23H,8-13,15-16H2,(H,24,26). The SMILES string of the molecule is O=C(NC1CCN(Cc2ccccc2)CC1)c1ccc2c(c1)CCNC2.